The lowest BCUT2D eigenvalue weighted by molar-refractivity contribution is 0.0198. The summed E-state index contributed by atoms with van der Waals surface area (Å²) in [6.07, 6.45) is 1.84. The lowest BCUT2D eigenvalue weighted by Gasteiger charge is -2.09. The van der Waals surface area contributed by atoms with Crippen LogP contribution >= 0.6 is 0 Å². The number of hydrogen-bond donors (Lipinski definition) is 1. The molecule has 0 bridgehead atoms. The molecule has 0 aliphatic carbocycles. The zero-order valence-corrected chi connectivity index (χ0v) is 10.3. The predicted octanol–water partition coefficient (Wildman–Crippen LogP) is 2.91. The highest BCUT2D eigenvalue weighted by molar-refractivity contribution is 5.81. The molecule has 0 aliphatic rings. The molecule has 90 valence electrons. The lowest BCUT2D eigenvalue weighted by atomic mass is 10.1. The van der Waals surface area contributed by atoms with Crippen molar-refractivity contribution in [3.8, 4) is 0 Å². The molecule has 17 heavy (non-hydrogen) atoms. The average molecular weight is 230 g/mol. The molecule has 1 aromatic carbocycles. The van der Waals surface area contributed by atoms with Crippen LogP contribution in [0.2, 0.25) is 0 Å². The third-order valence-corrected chi connectivity index (χ3v) is 2.52. The summed E-state index contributed by atoms with van der Waals surface area (Å²) in [5.74, 6) is 0.539. The monoisotopic (exact) mass is 230 g/mol. The predicted molar refractivity (Wildman–Crippen MR) is 69.4 cm³/mol. The van der Waals surface area contributed by atoms with Gasteiger partial charge in [0.2, 0.25) is 0 Å². The van der Waals surface area contributed by atoms with E-state index in [2.05, 4.69) is 30.4 Å². The number of fused-ring (bicyclic) bond motifs is 1. The summed E-state index contributed by atoms with van der Waals surface area (Å²) in [4.78, 5) is 9.71. The average Bonchev–Trinajstić information content (AvgIpc) is 2.34. The number of nitrogens with one attached hydrogen (secondary N) is 1. The van der Waals surface area contributed by atoms with Crippen LogP contribution in [-0.2, 0) is 11.4 Å². The summed E-state index contributed by atoms with van der Waals surface area (Å²) < 4.78 is 0. The normalized spacial score (nSPS) is 11.2. The van der Waals surface area contributed by atoms with Gasteiger partial charge in [0.05, 0.1) is 12.1 Å². The van der Waals surface area contributed by atoms with Crippen molar-refractivity contribution < 1.29 is 4.84 Å². The number of nitrogens with zero attached hydrogens (tertiary/aromatic N) is 1. The summed E-state index contributed by atoms with van der Waals surface area (Å²) in [5.41, 5.74) is 5.23. The number of hydrogen-bond acceptors (Lipinski definition) is 3. The molecule has 0 fully saturated rings. The first-order valence-electron chi connectivity index (χ1n) is 5.94. The molecule has 3 nitrogen and oxygen atoms in total. The largest absolute Gasteiger partial charge is 0.301 e. The minimum absolute atomic E-state index is 0.539. The molecule has 0 atom stereocenters. The van der Waals surface area contributed by atoms with Crippen LogP contribution in [0.1, 0.15) is 19.4 Å². The molecule has 1 heterocycles. The van der Waals surface area contributed by atoms with Crippen LogP contribution in [0.3, 0.4) is 0 Å². The first-order valence-corrected chi connectivity index (χ1v) is 5.94. The Bertz CT molecular complexity index is 477. The molecule has 3 heteroatoms. The van der Waals surface area contributed by atoms with E-state index < -0.39 is 0 Å². The Morgan fingerprint density at radius 2 is 2.06 bits per heavy atom. The Balaban J connectivity index is 2.03. The minimum atomic E-state index is 0.539. The molecule has 1 N–H and O–H groups in total. The van der Waals surface area contributed by atoms with Gasteiger partial charge in [-0.05, 0) is 23.6 Å². The van der Waals surface area contributed by atoms with Gasteiger partial charge in [-0.15, -0.1) is 0 Å². The quantitative estimate of drug-likeness (QED) is 0.633. The molecule has 0 aliphatic heterocycles. The first kappa shape index (κ1) is 12.0. The van der Waals surface area contributed by atoms with E-state index in [-0.39, 0.29) is 0 Å². The van der Waals surface area contributed by atoms with E-state index in [9.17, 15) is 0 Å². The van der Waals surface area contributed by atoms with Crippen LogP contribution in [0.25, 0.3) is 10.9 Å². The van der Waals surface area contributed by atoms with Crippen LogP contribution in [0.4, 0.5) is 0 Å². The van der Waals surface area contributed by atoms with Crippen molar-refractivity contribution in [1.82, 2.24) is 10.5 Å². The molecule has 1 aromatic heterocycles. The summed E-state index contributed by atoms with van der Waals surface area (Å²) in [7, 11) is 0. The van der Waals surface area contributed by atoms with E-state index in [0.29, 0.717) is 12.5 Å². The highest BCUT2D eigenvalue weighted by atomic mass is 16.6. The molecule has 0 radical (unpaired) electrons. The molecule has 0 saturated heterocycles. The van der Waals surface area contributed by atoms with E-state index >= 15 is 0 Å². The van der Waals surface area contributed by atoms with Crippen molar-refractivity contribution in [1.29, 1.82) is 0 Å². The zero-order valence-electron chi connectivity index (χ0n) is 10.3. The maximum absolute atomic E-state index is 5.38. The van der Waals surface area contributed by atoms with Gasteiger partial charge < -0.3 is 4.84 Å². The van der Waals surface area contributed by atoms with Crippen LogP contribution in [-0.4, -0.2) is 11.6 Å². The maximum Gasteiger partial charge on any atom is 0.0705 e. The van der Waals surface area contributed by atoms with E-state index in [0.717, 1.165) is 12.1 Å². The van der Waals surface area contributed by atoms with Gasteiger partial charge in [0, 0.05) is 18.1 Å². The lowest BCUT2D eigenvalue weighted by Crippen LogP contribution is -2.17. The number of hydroxylamine groups is 1. The number of rotatable bonds is 5. The molecule has 0 amide bonds. The van der Waals surface area contributed by atoms with E-state index in [4.69, 9.17) is 4.84 Å². The van der Waals surface area contributed by atoms with Crippen LogP contribution in [0.15, 0.2) is 36.5 Å². The zero-order chi connectivity index (χ0) is 12.1. The van der Waals surface area contributed by atoms with Gasteiger partial charge in [0.15, 0.2) is 0 Å². The summed E-state index contributed by atoms with van der Waals surface area (Å²) in [5, 5.41) is 1.18. The second-order valence-corrected chi connectivity index (χ2v) is 4.51. The number of aromatic nitrogens is 1. The van der Waals surface area contributed by atoms with Crippen LogP contribution in [0.5, 0.6) is 0 Å². The first-order chi connectivity index (χ1) is 8.27. The SMILES string of the molecule is CC(C)CONCc1ccnc2ccccc12. The van der Waals surface area contributed by atoms with Gasteiger partial charge in [-0.1, -0.05) is 32.0 Å². The van der Waals surface area contributed by atoms with Crippen molar-refractivity contribution in [2.75, 3.05) is 6.61 Å². The fraction of sp³-hybridized carbons (Fsp3) is 0.357. The topological polar surface area (TPSA) is 34.1 Å². The number of pyridine rings is 1. The van der Waals surface area contributed by atoms with Crippen LogP contribution in [0, 0.1) is 5.92 Å². The Morgan fingerprint density at radius 3 is 2.88 bits per heavy atom. The second-order valence-electron chi connectivity index (χ2n) is 4.51. The van der Waals surface area contributed by atoms with Gasteiger partial charge in [0.25, 0.3) is 0 Å². The van der Waals surface area contributed by atoms with Crippen molar-refractivity contribution in [3.05, 3.63) is 42.1 Å². The van der Waals surface area contributed by atoms with Gasteiger partial charge in [-0.25, -0.2) is 0 Å². The third-order valence-electron chi connectivity index (χ3n) is 2.52. The van der Waals surface area contributed by atoms with Crippen molar-refractivity contribution in [2.24, 2.45) is 5.92 Å². The molecule has 0 unspecified atom stereocenters. The standard InChI is InChI=1S/C14H18N2O/c1-11(2)10-17-16-9-12-7-8-15-14-6-4-3-5-13(12)14/h3-8,11,16H,9-10H2,1-2H3. The van der Waals surface area contributed by atoms with E-state index in [1.807, 2.05) is 30.5 Å². The highest BCUT2D eigenvalue weighted by Gasteiger charge is 2.01. The van der Waals surface area contributed by atoms with Crippen LogP contribution < -0.4 is 5.48 Å². The molecule has 2 rings (SSSR count). The Hall–Kier alpha value is -1.45. The van der Waals surface area contributed by atoms with Gasteiger partial charge in [0.1, 0.15) is 0 Å². The second kappa shape index (κ2) is 5.75. The molecule has 0 spiro atoms. The minimum Gasteiger partial charge on any atom is -0.301 e. The van der Waals surface area contributed by atoms with E-state index in [1.165, 1.54) is 10.9 Å². The Kier molecular flexibility index (Phi) is 4.07. The van der Waals surface area contributed by atoms with Gasteiger partial charge in [-0.2, -0.15) is 5.48 Å². The fourth-order valence-corrected chi connectivity index (χ4v) is 1.66. The van der Waals surface area contributed by atoms with Crippen molar-refractivity contribution in [2.45, 2.75) is 20.4 Å². The van der Waals surface area contributed by atoms with E-state index in [1.54, 1.807) is 0 Å². The van der Waals surface area contributed by atoms with Crippen molar-refractivity contribution >= 4 is 10.9 Å². The molecule has 0 saturated carbocycles. The van der Waals surface area contributed by atoms with Gasteiger partial charge in [-0.3, -0.25) is 4.98 Å². The fourth-order valence-electron chi connectivity index (χ4n) is 1.66. The smallest absolute Gasteiger partial charge is 0.0705 e. The molecular weight excluding hydrogens is 212 g/mol. The Labute approximate surface area is 102 Å². The highest BCUT2D eigenvalue weighted by Crippen LogP contribution is 2.15. The number of benzene rings is 1. The number of para-hydroxylation sites is 1. The molecule has 2 aromatic rings. The van der Waals surface area contributed by atoms with Gasteiger partial charge >= 0.3 is 0 Å². The molecular formula is C14H18N2O. The summed E-state index contributed by atoms with van der Waals surface area (Å²) in [6.45, 7) is 5.69. The Morgan fingerprint density at radius 1 is 1.24 bits per heavy atom. The summed E-state index contributed by atoms with van der Waals surface area (Å²) in [6, 6.07) is 10.2. The third kappa shape index (κ3) is 3.25. The summed E-state index contributed by atoms with van der Waals surface area (Å²) >= 11 is 0. The van der Waals surface area contributed by atoms with Crippen molar-refractivity contribution in [3.63, 3.8) is 0 Å². The maximum atomic E-state index is 5.38.